The summed E-state index contributed by atoms with van der Waals surface area (Å²) < 4.78 is 5.35. The summed E-state index contributed by atoms with van der Waals surface area (Å²) in [5, 5.41) is 0. The largest absolute Gasteiger partial charge is 0.398 e. The number of ether oxygens (including phenoxy) is 1. The maximum atomic E-state index is 12.5. The van der Waals surface area contributed by atoms with Gasteiger partial charge in [0.05, 0.1) is 19.3 Å². The topological polar surface area (TPSA) is 55.6 Å². The average molecular weight is 248 g/mol. The number of nitrogens with two attached hydrogens (primary N) is 1. The molecule has 0 aliphatic carbocycles. The third-order valence-electron chi connectivity index (χ3n) is 3.47. The van der Waals surface area contributed by atoms with Crippen LogP contribution in [0.1, 0.15) is 28.4 Å². The number of anilines is 1. The van der Waals surface area contributed by atoms with E-state index in [0.29, 0.717) is 31.0 Å². The summed E-state index contributed by atoms with van der Waals surface area (Å²) in [7, 11) is 0. The molecule has 18 heavy (non-hydrogen) atoms. The molecule has 1 atom stereocenters. The highest BCUT2D eigenvalue weighted by atomic mass is 16.5. The number of morpholine rings is 1. The molecule has 1 saturated heterocycles. The van der Waals surface area contributed by atoms with Gasteiger partial charge in [-0.3, -0.25) is 4.79 Å². The van der Waals surface area contributed by atoms with Crippen molar-refractivity contribution in [3.8, 4) is 0 Å². The molecule has 1 aromatic carbocycles. The van der Waals surface area contributed by atoms with Gasteiger partial charge in [0, 0.05) is 17.8 Å². The minimum atomic E-state index is 0.0509. The second-order valence-electron chi connectivity index (χ2n) is 4.95. The number of nitrogens with zero attached hydrogens (tertiary/aromatic N) is 1. The van der Waals surface area contributed by atoms with Crippen LogP contribution in [0.2, 0.25) is 0 Å². The highest BCUT2D eigenvalue weighted by Crippen LogP contribution is 2.21. The summed E-state index contributed by atoms with van der Waals surface area (Å²) in [5.74, 6) is 0.0509. The van der Waals surface area contributed by atoms with Gasteiger partial charge in [-0.25, -0.2) is 0 Å². The van der Waals surface area contributed by atoms with Crippen molar-refractivity contribution in [3.05, 3.63) is 28.8 Å². The SMILES string of the molecule is Cc1cc(C)c(C(=O)N2CCOCC2C)cc1N. The summed E-state index contributed by atoms with van der Waals surface area (Å²) >= 11 is 0. The van der Waals surface area contributed by atoms with Gasteiger partial charge in [-0.1, -0.05) is 6.07 Å². The van der Waals surface area contributed by atoms with Crippen LogP contribution in [-0.4, -0.2) is 36.6 Å². The van der Waals surface area contributed by atoms with Crippen LogP contribution in [0.3, 0.4) is 0 Å². The first-order valence-electron chi connectivity index (χ1n) is 6.26. The second kappa shape index (κ2) is 4.98. The number of nitrogen functional groups attached to an aromatic ring is 1. The standard InChI is InChI=1S/C14H20N2O2/c1-9-6-10(2)13(15)7-12(9)14(17)16-4-5-18-8-11(16)3/h6-7,11H,4-5,8,15H2,1-3H3. The number of hydrogen-bond acceptors (Lipinski definition) is 3. The van der Waals surface area contributed by atoms with Gasteiger partial charge in [0.15, 0.2) is 0 Å². The fourth-order valence-corrected chi connectivity index (χ4v) is 2.28. The first kappa shape index (κ1) is 12.9. The Morgan fingerprint density at radius 3 is 2.78 bits per heavy atom. The van der Waals surface area contributed by atoms with E-state index in [2.05, 4.69) is 0 Å². The number of aryl methyl sites for hydroxylation is 2. The first-order chi connectivity index (χ1) is 8.50. The lowest BCUT2D eigenvalue weighted by Gasteiger charge is -2.33. The van der Waals surface area contributed by atoms with Crippen molar-refractivity contribution < 1.29 is 9.53 Å². The first-order valence-corrected chi connectivity index (χ1v) is 6.26. The van der Waals surface area contributed by atoms with E-state index in [1.54, 1.807) is 6.07 Å². The molecule has 0 aromatic heterocycles. The van der Waals surface area contributed by atoms with E-state index < -0.39 is 0 Å². The fraction of sp³-hybridized carbons (Fsp3) is 0.500. The molecule has 1 aromatic rings. The van der Waals surface area contributed by atoms with E-state index in [9.17, 15) is 4.79 Å². The molecule has 4 nitrogen and oxygen atoms in total. The highest BCUT2D eigenvalue weighted by molar-refractivity contribution is 5.97. The maximum Gasteiger partial charge on any atom is 0.254 e. The van der Waals surface area contributed by atoms with Crippen LogP contribution in [0.4, 0.5) is 5.69 Å². The molecule has 2 rings (SSSR count). The van der Waals surface area contributed by atoms with Crippen molar-refractivity contribution in [1.29, 1.82) is 0 Å². The molecule has 1 amide bonds. The maximum absolute atomic E-state index is 12.5. The average Bonchev–Trinajstić information content (AvgIpc) is 2.33. The zero-order chi connectivity index (χ0) is 13.3. The Morgan fingerprint density at radius 1 is 1.39 bits per heavy atom. The predicted octanol–water partition coefficient (Wildman–Crippen LogP) is 1.75. The molecular weight excluding hydrogens is 228 g/mol. The molecule has 1 heterocycles. The van der Waals surface area contributed by atoms with Gasteiger partial charge >= 0.3 is 0 Å². The number of amides is 1. The van der Waals surface area contributed by atoms with Crippen molar-refractivity contribution in [1.82, 2.24) is 4.90 Å². The van der Waals surface area contributed by atoms with Crippen molar-refractivity contribution in [3.63, 3.8) is 0 Å². The predicted molar refractivity (Wildman–Crippen MR) is 71.6 cm³/mol. The molecule has 0 radical (unpaired) electrons. The van der Waals surface area contributed by atoms with Crippen LogP contribution in [0.15, 0.2) is 12.1 Å². The summed E-state index contributed by atoms with van der Waals surface area (Å²) in [4.78, 5) is 14.4. The van der Waals surface area contributed by atoms with E-state index in [0.717, 1.165) is 11.1 Å². The van der Waals surface area contributed by atoms with E-state index in [1.165, 1.54) is 0 Å². The Morgan fingerprint density at radius 2 is 2.11 bits per heavy atom. The van der Waals surface area contributed by atoms with Crippen molar-refractivity contribution in [2.24, 2.45) is 0 Å². The Balaban J connectivity index is 2.30. The van der Waals surface area contributed by atoms with Crippen LogP contribution >= 0.6 is 0 Å². The van der Waals surface area contributed by atoms with Crippen molar-refractivity contribution >= 4 is 11.6 Å². The Kier molecular flexibility index (Phi) is 3.57. The van der Waals surface area contributed by atoms with Gasteiger partial charge in [0.1, 0.15) is 0 Å². The number of carbonyl (C=O) groups excluding carboxylic acids is 1. The van der Waals surface area contributed by atoms with Crippen LogP contribution in [0.5, 0.6) is 0 Å². The molecule has 1 aliphatic heterocycles. The summed E-state index contributed by atoms with van der Waals surface area (Å²) in [6.07, 6.45) is 0. The van der Waals surface area contributed by atoms with Crippen LogP contribution < -0.4 is 5.73 Å². The molecule has 98 valence electrons. The minimum Gasteiger partial charge on any atom is -0.398 e. The summed E-state index contributed by atoms with van der Waals surface area (Å²) in [6.45, 7) is 7.76. The molecular formula is C14H20N2O2. The van der Waals surface area contributed by atoms with Gasteiger partial charge in [-0.15, -0.1) is 0 Å². The van der Waals surface area contributed by atoms with Gasteiger partial charge in [0.2, 0.25) is 0 Å². The lowest BCUT2D eigenvalue weighted by Crippen LogP contribution is -2.47. The Hall–Kier alpha value is -1.55. The molecule has 1 fully saturated rings. The third kappa shape index (κ3) is 2.34. The molecule has 1 aliphatic rings. The lowest BCUT2D eigenvalue weighted by atomic mass is 10.0. The lowest BCUT2D eigenvalue weighted by molar-refractivity contribution is 0.00355. The molecule has 0 spiro atoms. The summed E-state index contributed by atoms with van der Waals surface area (Å²) in [5.41, 5.74) is 9.26. The highest BCUT2D eigenvalue weighted by Gasteiger charge is 2.25. The van der Waals surface area contributed by atoms with Crippen molar-refractivity contribution in [2.75, 3.05) is 25.5 Å². The quantitative estimate of drug-likeness (QED) is 0.770. The van der Waals surface area contributed by atoms with Crippen LogP contribution in [-0.2, 0) is 4.74 Å². The van der Waals surface area contributed by atoms with Crippen LogP contribution in [0.25, 0.3) is 0 Å². The number of rotatable bonds is 1. The number of carbonyl (C=O) groups is 1. The van der Waals surface area contributed by atoms with E-state index in [1.807, 2.05) is 31.7 Å². The Bertz CT molecular complexity index is 471. The van der Waals surface area contributed by atoms with E-state index in [-0.39, 0.29) is 11.9 Å². The third-order valence-corrected chi connectivity index (χ3v) is 3.47. The zero-order valence-corrected chi connectivity index (χ0v) is 11.2. The molecule has 1 unspecified atom stereocenters. The van der Waals surface area contributed by atoms with Gasteiger partial charge in [-0.05, 0) is 38.0 Å². The molecule has 2 N–H and O–H groups in total. The normalized spacial score (nSPS) is 19.9. The Labute approximate surface area is 108 Å². The minimum absolute atomic E-state index is 0.0509. The number of hydrogen-bond donors (Lipinski definition) is 1. The fourth-order valence-electron chi connectivity index (χ4n) is 2.28. The van der Waals surface area contributed by atoms with Crippen molar-refractivity contribution in [2.45, 2.75) is 26.8 Å². The van der Waals surface area contributed by atoms with E-state index in [4.69, 9.17) is 10.5 Å². The van der Waals surface area contributed by atoms with Gasteiger partial charge < -0.3 is 15.4 Å². The second-order valence-corrected chi connectivity index (χ2v) is 4.95. The van der Waals surface area contributed by atoms with Crippen LogP contribution in [0, 0.1) is 13.8 Å². The molecule has 4 heteroatoms. The zero-order valence-electron chi connectivity index (χ0n) is 11.2. The number of benzene rings is 1. The molecule has 0 saturated carbocycles. The molecule has 0 bridgehead atoms. The van der Waals surface area contributed by atoms with E-state index >= 15 is 0 Å². The van der Waals surface area contributed by atoms with Gasteiger partial charge in [0.25, 0.3) is 5.91 Å². The van der Waals surface area contributed by atoms with Gasteiger partial charge in [-0.2, -0.15) is 0 Å². The smallest absolute Gasteiger partial charge is 0.254 e. The summed E-state index contributed by atoms with van der Waals surface area (Å²) in [6, 6.07) is 3.87. The monoisotopic (exact) mass is 248 g/mol.